The van der Waals surface area contributed by atoms with Crippen LogP contribution in [0.3, 0.4) is 0 Å². The Labute approximate surface area is 110 Å². The van der Waals surface area contributed by atoms with Gasteiger partial charge in [0.2, 0.25) is 0 Å². The highest BCUT2D eigenvalue weighted by Crippen LogP contribution is 2.19. The van der Waals surface area contributed by atoms with E-state index < -0.39 is 0 Å². The molecule has 0 aliphatic rings. The summed E-state index contributed by atoms with van der Waals surface area (Å²) in [6, 6.07) is 0. The monoisotopic (exact) mass is 335 g/mol. The van der Waals surface area contributed by atoms with Crippen LogP contribution in [-0.4, -0.2) is 16.6 Å². The summed E-state index contributed by atoms with van der Waals surface area (Å²) in [4.78, 5) is 8.70. The van der Waals surface area contributed by atoms with Crippen molar-refractivity contribution < 1.29 is 4.74 Å². The molecule has 0 fully saturated rings. The predicted octanol–water partition coefficient (Wildman–Crippen LogP) is 2.40. The summed E-state index contributed by atoms with van der Waals surface area (Å²) in [5.41, 5.74) is 6.88. The SMILES string of the molecule is CCOCc1nc(N)c(I)c(CC(C)C)n1. The van der Waals surface area contributed by atoms with Crippen molar-refractivity contribution in [2.45, 2.75) is 33.8 Å². The van der Waals surface area contributed by atoms with Crippen molar-refractivity contribution in [3.63, 3.8) is 0 Å². The van der Waals surface area contributed by atoms with Gasteiger partial charge < -0.3 is 10.5 Å². The molecule has 0 saturated carbocycles. The fraction of sp³-hybridized carbons (Fsp3) is 0.636. The predicted molar refractivity (Wildman–Crippen MR) is 73.0 cm³/mol. The molecule has 1 aromatic rings. The molecule has 1 rings (SSSR count). The van der Waals surface area contributed by atoms with E-state index in [1.807, 2.05) is 6.92 Å². The van der Waals surface area contributed by atoms with Gasteiger partial charge in [0, 0.05) is 6.61 Å². The Bertz CT molecular complexity index is 355. The van der Waals surface area contributed by atoms with Gasteiger partial charge in [-0.2, -0.15) is 0 Å². The third-order valence-electron chi connectivity index (χ3n) is 2.03. The minimum absolute atomic E-state index is 0.433. The fourth-order valence-corrected chi connectivity index (χ4v) is 1.81. The van der Waals surface area contributed by atoms with Gasteiger partial charge in [-0.3, -0.25) is 0 Å². The normalized spacial score (nSPS) is 11.1. The number of anilines is 1. The number of rotatable bonds is 5. The Morgan fingerprint density at radius 2 is 2.06 bits per heavy atom. The van der Waals surface area contributed by atoms with Crippen LogP contribution in [0.25, 0.3) is 0 Å². The molecule has 0 aromatic carbocycles. The number of nitrogen functional groups attached to an aromatic ring is 1. The second kappa shape index (κ2) is 6.34. The Morgan fingerprint density at radius 3 is 2.62 bits per heavy atom. The first kappa shape index (κ1) is 13.6. The number of hydrogen-bond acceptors (Lipinski definition) is 4. The van der Waals surface area contributed by atoms with Crippen LogP contribution in [0.4, 0.5) is 5.82 Å². The lowest BCUT2D eigenvalue weighted by Crippen LogP contribution is -2.10. The average Bonchev–Trinajstić information content (AvgIpc) is 2.21. The van der Waals surface area contributed by atoms with E-state index in [0.717, 1.165) is 15.7 Å². The molecule has 0 amide bonds. The van der Waals surface area contributed by atoms with Gasteiger partial charge in [0.15, 0.2) is 5.82 Å². The second-order valence-electron chi connectivity index (χ2n) is 4.02. The molecule has 0 aliphatic carbocycles. The average molecular weight is 335 g/mol. The molecule has 0 saturated heterocycles. The highest BCUT2D eigenvalue weighted by molar-refractivity contribution is 14.1. The molecule has 0 radical (unpaired) electrons. The largest absolute Gasteiger partial charge is 0.383 e. The first-order chi connectivity index (χ1) is 7.54. The lowest BCUT2D eigenvalue weighted by atomic mass is 10.1. The molecular weight excluding hydrogens is 317 g/mol. The molecule has 90 valence electrons. The fourth-order valence-electron chi connectivity index (χ4n) is 1.35. The summed E-state index contributed by atoms with van der Waals surface area (Å²) in [5, 5.41) is 0. The van der Waals surface area contributed by atoms with Crippen LogP contribution in [0.2, 0.25) is 0 Å². The molecule has 1 aromatic heterocycles. The summed E-state index contributed by atoms with van der Waals surface area (Å²) < 4.78 is 6.26. The van der Waals surface area contributed by atoms with Gasteiger partial charge in [-0.15, -0.1) is 0 Å². The van der Waals surface area contributed by atoms with E-state index in [0.29, 0.717) is 30.8 Å². The number of hydrogen-bond donors (Lipinski definition) is 1. The van der Waals surface area contributed by atoms with Crippen molar-refractivity contribution in [1.29, 1.82) is 0 Å². The molecule has 0 spiro atoms. The number of nitrogens with two attached hydrogens (primary N) is 1. The first-order valence-electron chi connectivity index (χ1n) is 5.43. The molecule has 0 bridgehead atoms. The molecule has 0 unspecified atom stereocenters. The highest BCUT2D eigenvalue weighted by atomic mass is 127. The van der Waals surface area contributed by atoms with Gasteiger partial charge in [-0.1, -0.05) is 13.8 Å². The van der Waals surface area contributed by atoms with Crippen molar-refractivity contribution in [2.24, 2.45) is 5.92 Å². The van der Waals surface area contributed by atoms with Crippen LogP contribution in [0.1, 0.15) is 32.3 Å². The van der Waals surface area contributed by atoms with Crippen molar-refractivity contribution >= 4 is 28.4 Å². The summed E-state index contributed by atoms with van der Waals surface area (Å²) >= 11 is 2.20. The maximum absolute atomic E-state index is 5.85. The zero-order chi connectivity index (χ0) is 12.1. The van der Waals surface area contributed by atoms with Crippen molar-refractivity contribution in [3.05, 3.63) is 15.1 Å². The molecule has 5 heteroatoms. The minimum atomic E-state index is 0.433. The third kappa shape index (κ3) is 3.86. The van der Waals surface area contributed by atoms with E-state index >= 15 is 0 Å². The number of ether oxygens (including phenoxy) is 1. The lowest BCUT2D eigenvalue weighted by molar-refractivity contribution is 0.128. The lowest BCUT2D eigenvalue weighted by Gasteiger charge is -2.10. The quantitative estimate of drug-likeness (QED) is 0.840. The van der Waals surface area contributed by atoms with Crippen molar-refractivity contribution in [1.82, 2.24) is 9.97 Å². The summed E-state index contributed by atoms with van der Waals surface area (Å²) in [6.07, 6.45) is 0.921. The van der Waals surface area contributed by atoms with E-state index in [1.165, 1.54) is 0 Å². The summed E-state index contributed by atoms with van der Waals surface area (Å²) in [7, 11) is 0. The highest BCUT2D eigenvalue weighted by Gasteiger charge is 2.11. The van der Waals surface area contributed by atoms with Gasteiger partial charge in [0.05, 0.1) is 9.26 Å². The zero-order valence-corrected chi connectivity index (χ0v) is 12.1. The van der Waals surface area contributed by atoms with Crippen molar-refractivity contribution in [2.75, 3.05) is 12.3 Å². The number of halogens is 1. The Morgan fingerprint density at radius 1 is 1.38 bits per heavy atom. The van der Waals surface area contributed by atoms with Crippen LogP contribution < -0.4 is 5.73 Å². The Kier molecular flexibility index (Phi) is 5.40. The number of nitrogens with zero attached hydrogens (tertiary/aromatic N) is 2. The first-order valence-corrected chi connectivity index (χ1v) is 6.51. The maximum Gasteiger partial charge on any atom is 0.156 e. The van der Waals surface area contributed by atoms with Crippen LogP contribution >= 0.6 is 22.6 Å². The van der Waals surface area contributed by atoms with E-state index in [2.05, 4.69) is 46.4 Å². The van der Waals surface area contributed by atoms with Crippen LogP contribution in [-0.2, 0) is 17.8 Å². The van der Waals surface area contributed by atoms with Crippen molar-refractivity contribution in [3.8, 4) is 0 Å². The second-order valence-corrected chi connectivity index (χ2v) is 5.10. The van der Waals surface area contributed by atoms with E-state index in [1.54, 1.807) is 0 Å². The molecular formula is C11H18IN3O. The Hall–Kier alpha value is -0.430. The van der Waals surface area contributed by atoms with E-state index in [4.69, 9.17) is 10.5 Å². The summed E-state index contributed by atoms with van der Waals surface area (Å²) in [6.45, 7) is 7.37. The van der Waals surface area contributed by atoms with Gasteiger partial charge in [-0.25, -0.2) is 9.97 Å². The summed E-state index contributed by atoms with van der Waals surface area (Å²) in [5.74, 6) is 1.79. The third-order valence-corrected chi connectivity index (χ3v) is 3.20. The molecule has 4 nitrogen and oxygen atoms in total. The molecule has 0 aliphatic heterocycles. The molecule has 1 heterocycles. The zero-order valence-electron chi connectivity index (χ0n) is 9.96. The molecule has 0 atom stereocenters. The van der Waals surface area contributed by atoms with Gasteiger partial charge in [0.1, 0.15) is 12.4 Å². The maximum atomic E-state index is 5.85. The van der Waals surface area contributed by atoms with E-state index in [-0.39, 0.29) is 0 Å². The number of aromatic nitrogens is 2. The molecule has 16 heavy (non-hydrogen) atoms. The Balaban J connectivity index is 2.92. The smallest absolute Gasteiger partial charge is 0.156 e. The standard InChI is InChI=1S/C11H18IN3O/c1-4-16-6-9-14-8(5-7(2)3)10(12)11(13)15-9/h7H,4-6H2,1-3H3,(H2,13,14,15). The van der Waals surface area contributed by atoms with Crippen LogP contribution in [0, 0.1) is 9.49 Å². The van der Waals surface area contributed by atoms with Crippen LogP contribution in [0.5, 0.6) is 0 Å². The van der Waals surface area contributed by atoms with Gasteiger partial charge >= 0.3 is 0 Å². The topological polar surface area (TPSA) is 61.0 Å². The molecule has 2 N–H and O–H groups in total. The van der Waals surface area contributed by atoms with Gasteiger partial charge in [-0.05, 0) is 41.9 Å². The van der Waals surface area contributed by atoms with Gasteiger partial charge in [0.25, 0.3) is 0 Å². The van der Waals surface area contributed by atoms with Crippen LogP contribution in [0.15, 0.2) is 0 Å². The van der Waals surface area contributed by atoms with E-state index in [9.17, 15) is 0 Å². The minimum Gasteiger partial charge on any atom is -0.383 e.